The van der Waals surface area contributed by atoms with Crippen molar-refractivity contribution in [1.29, 1.82) is 0 Å². The average Bonchev–Trinajstić information content (AvgIpc) is 2.67. The van der Waals surface area contributed by atoms with Crippen molar-refractivity contribution in [3.05, 3.63) is 41.6 Å². The number of hydrogen-bond donors (Lipinski definition) is 1. The summed E-state index contributed by atoms with van der Waals surface area (Å²) in [4.78, 5) is 2.10. The summed E-state index contributed by atoms with van der Waals surface area (Å²) in [6.07, 6.45) is 0.839. The van der Waals surface area contributed by atoms with Crippen LogP contribution in [0.15, 0.2) is 30.3 Å². The molecule has 1 heterocycles. The predicted molar refractivity (Wildman–Crippen MR) is 80.0 cm³/mol. The number of hydrogen-bond acceptors (Lipinski definition) is 3. The van der Waals surface area contributed by atoms with E-state index in [1.54, 1.807) is 0 Å². The second kappa shape index (κ2) is 5.45. The fourth-order valence-electron chi connectivity index (χ4n) is 2.32. The summed E-state index contributed by atoms with van der Waals surface area (Å²) >= 11 is 0. The Morgan fingerprint density at radius 1 is 1.26 bits per heavy atom. The molecule has 2 N–H and O–H groups in total. The summed E-state index contributed by atoms with van der Waals surface area (Å²) in [6.45, 7) is 4.07. The third-order valence-electron chi connectivity index (χ3n) is 3.11. The van der Waals surface area contributed by atoms with Gasteiger partial charge in [-0.2, -0.15) is 5.10 Å². The van der Waals surface area contributed by atoms with Gasteiger partial charge in [-0.1, -0.05) is 18.2 Å². The van der Waals surface area contributed by atoms with E-state index >= 15 is 0 Å². The number of benzene rings is 1. The Kier molecular flexibility index (Phi) is 3.90. The lowest BCUT2D eigenvalue weighted by molar-refractivity contribution is 0.733. The molecular formula is C15H22N4. The van der Waals surface area contributed by atoms with E-state index in [-0.39, 0.29) is 6.04 Å². The number of anilines is 1. The summed E-state index contributed by atoms with van der Waals surface area (Å²) in [5.74, 6) is 1.11. The van der Waals surface area contributed by atoms with Gasteiger partial charge in [0.05, 0.1) is 11.4 Å². The molecule has 0 aliphatic heterocycles. The van der Waals surface area contributed by atoms with Crippen LogP contribution in [0, 0.1) is 6.92 Å². The number of para-hydroxylation sites is 1. The van der Waals surface area contributed by atoms with Gasteiger partial charge in [-0.05, 0) is 32.4 Å². The van der Waals surface area contributed by atoms with Gasteiger partial charge in [0.25, 0.3) is 0 Å². The molecule has 1 unspecified atom stereocenters. The van der Waals surface area contributed by atoms with E-state index in [1.807, 2.05) is 50.8 Å². The molecular weight excluding hydrogens is 236 g/mol. The lowest BCUT2D eigenvalue weighted by Crippen LogP contribution is -2.21. The summed E-state index contributed by atoms with van der Waals surface area (Å²) < 4.78 is 1.99. The van der Waals surface area contributed by atoms with E-state index in [2.05, 4.69) is 22.1 Å². The minimum Gasteiger partial charge on any atom is -0.362 e. The van der Waals surface area contributed by atoms with E-state index in [0.717, 1.165) is 23.6 Å². The first-order chi connectivity index (χ1) is 9.00. The standard InChI is InChI=1S/C15H22N4/c1-11(16)10-14-12(2)17-19(15(14)18(3)4)13-8-6-5-7-9-13/h5-9,11H,10,16H2,1-4H3. The summed E-state index contributed by atoms with van der Waals surface area (Å²) in [5.41, 5.74) is 9.30. The molecule has 0 spiro atoms. The normalized spacial score (nSPS) is 12.5. The molecule has 0 fully saturated rings. The van der Waals surface area contributed by atoms with Crippen molar-refractivity contribution < 1.29 is 0 Å². The van der Waals surface area contributed by atoms with Crippen LogP contribution in [0.4, 0.5) is 5.82 Å². The number of nitrogens with two attached hydrogens (primary N) is 1. The van der Waals surface area contributed by atoms with E-state index in [1.165, 1.54) is 5.56 Å². The largest absolute Gasteiger partial charge is 0.362 e. The Bertz CT molecular complexity index is 541. The van der Waals surface area contributed by atoms with E-state index in [9.17, 15) is 0 Å². The zero-order valence-corrected chi connectivity index (χ0v) is 12.1. The van der Waals surface area contributed by atoms with Crippen LogP contribution >= 0.6 is 0 Å². The highest BCUT2D eigenvalue weighted by Crippen LogP contribution is 2.26. The number of aromatic nitrogens is 2. The Hall–Kier alpha value is -1.81. The van der Waals surface area contributed by atoms with E-state index < -0.39 is 0 Å². The number of rotatable bonds is 4. The first-order valence-electron chi connectivity index (χ1n) is 6.57. The third-order valence-corrected chi connectivity index (χ3v) is 3.11. The number of aryl methyl sites for hydroxylation is 1. The zero-order valence-electron chi connectivity index (χ0n) is 12.1. The van der Waals surface area contributed by atoms with Gasteiger partial charge in [-0.25, -0.2) is 4.68 Å². The Balaban J connectivity index is 2.56. The fourth-order valence-corrected chi connectivity index (χ4v) is 2.32. The lowest BCUT2D eigenvalue weighted by Gasteiger charge is -2.18. The average molecular weight is 258 g/mol. The van der Waals surface area contributed by atoms with Gasteiger partial charge in [0.1, 0.15) is 5.82 Å². The van der Waals surface area contributed by atoms with Crippen LogP contribution in [-0.2, 0) is 6.42 Å². The summed E-state index contributed by atoms with van der Waals surface area (Å²) in [6, 6.07) is 10.3. The molecule has 4 nitrogen and oxygen atoms in total. The first-order valence-corrected chi connectivity index (χ1v) is 6.57. The highest BCUT2D eigenvalue weighted by atomic mass is 15.4. The minimum atomic E-state index is 0.130. The molecule has 102 valence electrons. The monoisotopic (exact) mass is 258 g/mol. The molecule has 1 atom stereocenters. The second-order valence-electron chi connectivity index (χ2n) is 5.21. The number of nitrogens with zero attached hydrogens (tertiary/aromatic N) is 3. The van der Waals surface area contributed by atoms with Gasteiger partial charge in [-0.15, -0.1) is 0 Å². The Morgan fingerprint density at radius 3 is 2.42 bits per heavy atom. The van der Waals surface area contributed by atoms with Crippen molar-refractivity contribution >= 4 is 5.82 Å². The van der Waals surface area contributed by atoms with E-state index in [4.69, 9.17) is 5.73 Å². The predicted octanol–water partition coefficient (Wildman–Crippen LogP) is 2.14. The maximum absolute atomic E-state index is 5.95. The van der Waals surface area contributed by atoms with Crippen LogP contribution in [0.5, 0.6) is 0 Å². The zero-order chi connectivity index (χ0) is 14.0. The lowest BCUT2D eigenvalue weighted by atomic mass is 10.1. The molecule has 1 aromatic carbocycles. The van der Waals surface area contributed by atoms with Crippen LogP contribution < -0.4 is 10.6 Å². The fraction of sp³-hybridized carbons (Fsp3) is 0.400. The molecule has 0 radical (unpaired) electrons. The second-order valence-corrected chi connectivity index (χ2v) is 5.21. The van der Waals surface area contributed by atoms with Crippen LogP contribution in [0.1, 0.15) is 18.2 Å². The molecule has 19 heavy (non-hydrogen) atoms. The van der Waals surface area contributed by atoms with Crippen LogP contribution in [0.2, 0.25) is 0 Å². The molecule has 0 saturated heterocycles. The third kappa shape index (κ3) is 2.79. The van der Waals surface area contributed by atoms with Crippen molar-refractivity contribution in [3.63, 3.8) is 0 Å². The minimum absolute atomic E-state index is 0.130. The molecule has 0 bridgehead atoms. The molecule has 1 aromatic heterocycles. The van der Waals surface area contributed by atoms with Gasteiger partial charge in [0, 0.05) is 25.7 Å². The molecule has 0 saturated carbocycles. The van der Waals surface area contributed by atoms with Crippen LogP contribution in [-0.4, -0.2) is 29.9 Å². The quantitative estimate of drug-likeness (QED) is 0.914. The Labute approximate surface area is 114 Å². The molecule has 2 aromatic rings. The maximum atomic E-state index is 5.95. The van der Waals surface area contributed by atoms with Crippen LogP contribution in [0.25, 0.3) is 5.69 Å². The molecule has 0 aliphatic rings. The van der Waals surface area contributed by atoms with Crippen molar-refractivity contribution in [1.82, 2.24) is 9.78 Å². The van der Waals surface area contributed by atoms with E-state index in [0.29, 0.717) is 0 Å². The topological polar surface area (TPSA) is 47.1 Å². The van der Waals surface area contributed by atoms with Gasteiger partial charge in [-0.3, -0.25) is 0 Å². The van der Waals surface area contributed by atoms with Crippen molar-refractivity contribution in [2.75, 3.05) is 19.0 Å². The molecule has 0 amide bonds. The van der Waals surface area contributed by atoms with Gasteiger partial charge >= 0.3 is 0 Å². The van der Waals surface area contributed by atoms with Crippen LogP contribution in [0.3, 0.4) is 0 Å². The highest BCUT2D eigenvalue weighted by Gasteiger charge is 2.18. The van der Waals surface area contributed by atoms with Gasteiger partial charge in [0.15, 0.2) is 0 Å². The van der Waals surface area contributed by atoms with Gasteiger partial charge < -0.3 is 10.6 Å². The van der Waals surface area contributed by atoms with Gasteiger partial charge in [0.2, 0.25) is 0 Å². The highest BCUT2D eigenvalue weighted by molar-refractivity contribution is 5.54. The molecule has 2 rings (SSSR count). The van der Waals surface area contributed by atoms with Crippen molar-refractivity contribution in [2.45, 2.75) is 26.3 Å². The SMILES string of the molecule is Cc1nn(-c2ccccc2)c(N(C)C)c1CC(C)N. The van der Waals surface area contributed by atoms with Crippen molar-refractivity contribution in [3.8, 4) is 5.69 Å². The Morgan fingerprint density at radius 2 is 1.89 bits per heavy atom. The molecule has 0 aliphatic carbocycles. The van der Waals surface area contributed by atoms with Crippen molar-refractivity contribution in [2.24, 2.45) is 5.73 Å². The summed E-state index contributed by atoms with van der Waals surface area (Å²) in [5, 5.41) is 4.67. The summed E-state index contributed by atoms with van der Waals surface area (Å²) in [7, 11) is 4.08. The maximum Gasteiger partial charge on any atom is 0.135 e. The first kappa shape index (κ1) is 13.6. The smallest absolute Gasteiger partial charge is 0.135 e. The molecule has 4 heteroatoms.